The van der Waals surface area contributed by atoms with Gasteiger partial charge in [0.15, 0.2) is 11.6 Å². The van der Waals surface area contributed by atoms with Crippen molar-refractivity contribution in [3.8, 4) is 39.9 Å². The molecule has 0 spiro atoms. The van der Waals surface area contributed by atoms with E-state index >= 15 is 0 Å². The molecule has 234 valence electrons. The van der Waals surface area contributed by atoms with Gasteiger partial charge in [0.1, 0.15) is 22.3 Å². The van der Waals surface area contributed by atoms with Gasteiger partial charge in [0, 0.05) is 32.8 Å². The molecule has 6 aromatic carbocycles. The highest BCUT2D eigenvalue weighted by Gasteiger charge is 2.24. The number of benzene rings is 6. The van der Waals surface area contributed by atoms with Gasteiger partial charge in [-0.05, 0) is 35.9 Å². The highest BCUT2D eigenvalue weighted by molar-refractivity contribution is 6.09. The summed E-state index contributed by atoms with van der Waals surface area (Å²) < 4.78 is 16.7. The van der Waals surface area contributed by atoms with Gasteiger partial charge in [-0.2, -0.15) is 15.0 Å². The molecule has 11 aromatic rings. The van der Waals surface area contributed by atoms with Crippen molar-refractivity contribution in [2.45, 2.75) is 0 Å². The molecular formula is C42H24N6O2. The molecular weight excluding hydrogens is 621 g/mol. The molecule has 0 aliphatic rings. The zero-order chi connectivity index (χ0) is 32.8. The molecule has 0 atom stereocenters. The largest absolute Gasteiger partial charge is 0.455 e. The van der Waals surface area contributed by atoms with Gasteiger partial charge in [0.2, 0.25) is 17.4 Å². The van der Waals surface area contributed by atoms with Gasteiger partial charge >= 0.3 is 0 Å². The lowest BCUT2D eigenvalue weighted by atomic mass is 10.0. The maximum absolute atomic E-state index is 6.33. The van der Waals surface area contributed by atoms with Crippen LogP contribution < -0.4 is 0 Å². The molecule has 11 rings (SSSR count). The standard InChI is InChI=1S/C42H24N6O2/c1-2-11-26(12-3-1)38-43-39(27-23-21-25(22-24-27)28-15-10-16-30-29-13-4-8-19-34(29)49-37(28)30)45-41(44-38)48-33-18-7-6-17-32(33)47-36-31-14-5-9-20-35(31)50-40(36)46-42(47)48/h1-24H. The number of rotatable bonds is 4. The molecule has 0 saturated heterocycles. The summed E-state index contributed by atoms with van der Waals surface area (Å²) in [4.78, 5) is 20.2. The van der Waals surface area contributed by atoms with E-state index in [1.807, 2.05) is 83.4 Å². The Balaban J connectivity index is 1.11. The molecule has 8 nitrogen and oxygen atoms in total. The van der Waals surface area contributed by atoms with Gasteiger partial charge < -0.3 is 8.83 Å². The predicted octanol–water partition coefficient (Wildman–Crippen LogP) is 10.3. The third-order valence-corrected chi connectivity index (χ3v) is 9.45. The van der Waals surface area contributed by atoms with Gasteiger partial charge in [0.05, 0.1) is 11.0 Å². The van der Waals surface area contributed by atoms with Gasteiger partial charge in [-0.1, -0.05) is 115 Å². The highest BCUT2D eigenvalue weighted by Crippen LogP contribution is 2.37. The first-order valence-electron chi connectivity index (χ1n) is 16.4. The highest BCUT2D eigenvalue weighted by atomic mass is 16.3. The summed E-state index contributed by atoms with van der Waals surface area (Å²) in [7, 11) is 0. The minimum Gasteiger partial charge on any atom is -0.455 e. The topological polar surface area (TPSA) is 87.2 Å². The third kappa shape index (κ3) is 3.87. The Bertz CT molecular complexity index is 3100. The summed E-state index contributed by atoms with van der Waals surface area (Å²) in [6.45, 7) is 0. The Hall–Kier alpha value is -7.06. The van der Waals surface area contributed by atoms with E-state index in [-0.39, 0.29) is 0 Å². The zero-order valence-corrected chi connectivity index (χ0v) is 26.4. The Morgan fingerprint density at radius 2 is 1.06 bits per heavy atom. The molecule has 0 aliphatic carbocycles. The fraction of sp³-hybridized carbons (Fsp3) is 0. The Morgan fingerprint density at radius 3 is 1.86 bits per heavy atom. The smallest absolute Gasteiger partial charge is 0.248 e. The van der Waals surface area contributed by atoms with E-state index in [1.165, 1.54) is 0 Å². The van der Waals surface area contributed by atoms with Crippen molar-refractivity contribution < 1.29 is 8.83 Å². The number of imidazole rings is 2. The van der Waals surface area contributed by atoms with Crippen LogP contribution in [0.3, 0.4) is 0 Å². The normalized spacial score (nSPS) is 12.0. The number of para-hydroxylation sites is 5. The lowest BCUT2D eigenvalue weighted by Gasteiger charge is -2.10. The molecule has 0 bridgehead atoms. The van der Waals surface area contributed by atoms with E-state index < -0.39 is 0 Å². The second kappa shape index (κ2) is 10.2. The molecule has 0 N–H and O–H groups in total. The van der Waals surface area contributed by atoms with Crippen molar-refractivity contribution in [3.63, 3.8) is 0 Å². The number of hydrogen-bond donors (Lipinski definition) is 0. The second-order valence-corrected chi connectivity index (χ2v) is 12.3. The van der Waals surface area contributed by atoms with Crippen molar-refractivity contribution in [3.05, 3.63) is 146 Å². The first kappa shape index (κ1) is 26.9. The van der Waals surface area contributed by atoms with E-state index in [0.717, 1.165) is 71.7 Å². The Morgan fingerprint density at radius 1 is 0.440 bits per heavy atom. The minimum absolute atomic E-state index is 0.466. The van der Waals surface area contributed by atoms with Crippen molar-refractivity contribution in [1.29, 1.82) is 0 Å². The third-order valence-electron chi connectivity index (χ3n) is 9.45. The molecule has 8 heteroatoms. The number of furan rings is 2. The van der Waals surface area contributed by atoms with Crippen LogP contribution in [0.25, 0.3) is 101 Å². The van der Waals surface area contributed by atoms with Gasteiger partial charge in [-0.15, -0.1) is 0 Å². The van der Waals surface area contributed by atoms with Crippen LogP contribution in [0.4, 0.5) is 0 Å². The SMILES string of the molecule is c1ccc(-c2nc(-c3ccc(-c4cccc5c4oc4ccccc45)cc3)nc(-n3c4ccccc4n4c5c(nc34)oc3ccccc35)n2)cc1. The van der Waals surface area contributed by atoms with E-state index in [0.29, 0.717) is 29.1 Å². The lowest BCUT2D eigenvalue weighted by molar-refractivity contribution is 0.656. The maximum Gasteiger partial charge on any atom is 0.248 e. The Labute approximate surface area is 283 Å². The summed E-state index contributed by atoms with van der Waals surface area (Å²) in [5.41, 5.74) is 9.75. The van der Waals surface area contributed by atoms with Crippen molar-refractivity contribution >= 4 is 60.9 Å². The van der Waals surface area contributed by atoms with Crippen molar-refractivity contribution in [2.24, 2.45) is 0 Å². The fourth-order valence-corrected chi connectivity index (χ4v) is 7.16. The number of aromatic nitrogens is 6. The molecule has 0 saturated carbocycles. The molecule has 50 heavy (non-hydrogen) atoms. The van der Waals surface area contributed by atoms with E-state index in [2.05, 4.69) is 71.1 Å². The number of nitrogens with zero attached hydrogens (tertiary/aromatic N) is 6. The van der Waals surface area contributed by atoms with Crippen LogP contribution in [0, 0.1) is 0 Å². The summed E-state index contributed by atoms with van der Waals surface area (Å²) in [5.74, 6) is 2.25. The van der Waals surface area contributed by atoms with E-state index in [9.17, 15) is 0 Å². The first-order chi connectivity index (χ1) is 24.8. The van der Waals surface area contributed by atoms with Gasteiger partial charge in [-0.25, -0.2) is 9.55 Å². The Kier molecular flexibility index (Phi) is 5.51. The average Bonchev–Trinajstić information content (AvgIpc) is 3.92. The monoisotopic (exact) mass is 644 g/mol. The number of fused-ring (bicyclic) bond motifs is 10. The fourth-order valence-electron chi connectivity index (χ4n) is 7.16. The van der Waals surface area contributed by atoms with Crippen LogP contribution in [-0.4, -0.2) is 28.9 Å². The maximum atomic E-state index is 6.33. The van der Waals surface area contributed by atoms with Crippen molar-refractivity contribution in [2.75, 3.05) is 0 Å². The second-order valence-electron chi connectivity index (χ2n) is 12.3. The summed E-state index contributed by atoms with van der Waals surface area (Å²) in [6, 6.07) is 49.0. The molecule has 0 fully saturated rings. The quantitative estimate of drug-likeness (QED) is 0.189. The van der Waals surface area contributed by atoms with Gasteiger partial charge in [0.25, 0.3) is 0 Å². The zero-order valence-electron chi connectivity index (χ0n) is 26.4. The van der Waals surface area contributed by atoms with Crippen LogP contribution in [0.15, 0.2) is 154 Å². The van der Waals surface area contributed by atoms with Crippen molar-refractivity contribution in [1.82, 2.24) is 28.9 Å². The summed E-state index contributed by atoms with van der Waals surface area (Å²) in [5, 5.41) is 3.20. The van der Waals surface area contributed by atoms with E-state index in [4.69, 9.17) is 28.8 Å². The minimum atomic E-state index is 0.466. The van der Waals surface area contributed by atoms with Crippen LogP contribution in [0.2, 0.25) is 0 Å². The average molecular weight is 645 g/mol. The molecule has 5 aromatic heterocycles. The van der Waals surface area contributed by atoms with Crippen LogP contribution in [0.1, 0.15) is 0 Å². The summed E-state index contributed by atoms with van der Waals surface area (Å²) >= 11 is 0. The summed E-state index contributed by atoms with van der Waals surface area (Å²) in [6.07, 6.45) is 0. The molecule has 0 amide bonds. The molecule has 0 unspecified atom stereocenters. The van der Waals surface area contributed by atoms with Crippen LogP contribution >= 0.6 is 0 Å². The van der Waals surface area contributed by atoms with Crippen LogP contribution in [0.5, 0.6) is 0 Å². The molecule has 5 heterocycles. The van der Waals surface area contributed by atoms with Crippen LogP contribution in [-0.2, 0) is 0 Å². The first-order valence-corrected chi connectivity index (χ1v) is 16.4. The molecule has 0 aliphatic heterocycles. The molecule has 0 radical (unpaired) electrons. The lowest BCUT2D eigenvalue weighted by Crippen LogP contribution is -2.07. The van der Waals surface area contributed by atoms with E-state index in [1.54, 1.807) is 0 Å². The number of hydrogen-bond acceptors (Lipinski definition) is 6. The van der Waals surface area contributed by atoms with Gasteiger partial charge in [-0.3, -0.25) is 4.40 Å². The predicted molar refractivity (Wildman–Crippen MR) is 196 cm³/mol.